The van der Waals surface area contributed by atoms with Gasteiger partial charge in [0, 0.05) is 19.2 Å². The molecule has 1 heterocycles. The molecule has 0 atom stereocenters. The summed E-state index contributed by atoms with van der Waals surface area (Å²) in [5.41, 5.74) is 0.266. The summed E-state index contributed by atoms with van der Waals surface area (Å²) >= 11 is 0. The van der Waals surface area contributed by atoms with E-state index in [4.69, 9.17) is 0 Å². The van der Waals surface area contributed by atoms with Gasteiger partial charge >= 0.3 is 0 Å². The van der Waals surface area contributed by atoms with Crippen molar-refractivity contribution in [1.29, 1.82) is 0 Å². The molecule has 1 fully saturated rings. The summed E-state index contributed by atoms with van der Waals surface area (Å²) in [5.74, 6) is -1.33. The third-order valence-corrected chi connectivity index (χ3v) is 3.07. The Morgan fingerprint density at radius 3 is 2.53 bits per heavy atom. The van der Waals surface area contributed by atoms with E-state index in [0.29, 0.717) is 0 Å². The van der Waals surface area contributed by atoms with Crippen LogP contribution in [-0.4, -0.2) is 23.9 Å². The van der Waals surface area contributed by atoms with Crippen LogP contribution in [0.3, 0.4) is 0 Å². The number of halogens is 2. The summed E-state index contributed by atoms with van der Waals surface area (Å²) in [6.07, 6.45) is 3.19. The number of benzene rings is 1. The van der Waals surface area contributed by atoms with E-state index in [1.54, 1.807) is 4.90 Å². The van der Waals surface area contributed by atoms with Crippen molar-refractivity contribution in [3.05, 3.63) is 35.4 Å². The molecule has 0 unspecified atom stereocenters. The van der Waals surface area contributed by atoms with Crippen molar-refractivity contribution in [3.63, 3.8) is 0 Å². The van der Waals surface area contributed by atoms with E-state index in [-0.39, 0.29) is 17.9 Å². The Hall–Kier alpha value is -1.45. The predicted octanol–water partition coefficient (Wildman–Crippen LogP) is 2.52. The van der Waals surface area contributed by atoms with Crippen molar-refractivity contribution >= 4 is 5.91 Å². The molecule has 1 amide bonds. The summed E-state index contributed by atoms with van der Waals surface area (Å²) in [6.45, 7) is 1.50. The third-order valence-electron chi connectivity index (χ3n) is 3.07. The minimum atomic E-state index is -0.643. The maximum absolute atomic E-state index is 13.4. The van der Waals surface area contributed by atoms with E-state index in [0.717, 1.165) is 38.4 Å². The number of hydrogen-bond donors (Lipinski definition) is 0. The fourth-order valence-corrected chi connectivity index (χ4v) is 2.08. The number of nitrogens with zero attached hydrogens (tertiary/aromatic N) is 1. The zero-order valence-electron chi connectivity index (χ0n) is 9.59. The molecule has 4 heteroatoms. The van der Waals surface area contributed by atoms with Crippen molar-refractivity contribution in [2.24, 2.45) is 0 Å². The lowest BCUT2D eigenvalue weighted by Crippen LogP contribution is -2.36. The molecular weight excluding hydrogens is 224 g/mol. The van der Waals surface area contributed by atoms with Crippen LogP contribution >= 0.6 is 0 Å². The SMILES string of the molecule is O=C(Cc1ccc(F)cc1F)N1CCCCC1. The topological polar surface area (TPSA) is 20.3 Å². The Morgan fingerprint density at radius 1 is 1.18 bits per heavy atom. The average Bonchev–Trinajstić information content (AvgIpc) is 2.34. The molecule has 0 N–H and O–H groups in total. The van der Waals surface area contributed by atoms with E-state index in [1.165, 1.54) is 12.1 Å². The minimum absolute atomic E-state index is 0.0200. The van der Waals surface area contributed by atoms with Crippen molar-refractivity contribution in [1.82, 2.24) is 4.90 Å². The first-order chi connectivity index (χ1) is 8.16. The number of amides is 1. The maximum Gasteiger partial charge on any atom is 0.227 e. The summed E-state index contributed by atoms with van der Waals surface area (Å²) in [6, 6.07) is 3.34. The molecule has 1 aromatic rings. The Kier molecular flexibility index (Phi) is 3.71. The zero-order valence-corrected chi connectivity index (χ0v) is 9.59. The molecule has 2 rings (SSSR count). The second-order valence-corrected chi connectivity index (χ2v) is 4.35. The maximum atomic E-state index is 13.4. The highest BCUT2D eigenvalue weighted by Crippen LogP contribution is 2.14. The molecule has 0 saturated carbocycles. The highest BCUT2D eigenvalue weighted by atomic mass is 19.1. The van der Waals surface area contributed by atoms with Crippen molar-refractivity contribution < 1.29 is 13.6 Å². The van der Waals surface area contributed by atoms with Crippen LogP contribution in [0.15, 0.2) is 18.2 Å². The molecule has 0 spiro atoms. The predicted molar refractivity (Wildman–Crippen MR) is 60.5 cm³/mol. The second-order valence-electron chi connectivity index (χ2n) is 4.35. The third kappa shape index (κ3) is 3.02. The van der Waals surface area contributed by atoms with E-state index < -0.39 is 11.6 Å². The summed E-state index contributed by atoms with van der Waals surface area (Å²) in [5, 5.41) is 0. The molecule has 92 valence electrons. The van der Waals surface area contributed by atoms with Gasteiger partial charge in [-0.2, -0.15) is 0 Å². The molecule has 1 aliphatic rings. The quantitative estimate of drug-likeness (QED) is 0.776. The lowest BCUT2D eigenvalue weighted by atomic mass is 10.1. The molecule has 0 aliphatic carbocycles. The number of hydrogen-bond acceptors (Lipinski definition) is 1. The number of rotatable bonds is 2. The number of carbonyl (C=O) groups excluding carboxylic acids is 1. The molecule has 2 nitrogen and oxygen atoms in total. The molecule has 1 saturated heterocycles. The minimum Gasteiger partial charge on any atom is -0.342 e. The van der Waals surface area contributed by atoms with Crippen LogP contribution in [0, 0.1) is 11.6 Å². The lowest BCUT2D eigenvalue weighted by molar-refractivity contribution is -0.131. The zero-order chi connectivity index (χ0) is 12.3. The molecule has 0 radical (unpaired) electrons. The van der Waals surface area contributed by atoms with Gasteiger partial charge in [-0.15, -0.1) is 0 Å². The van der Waals surface area contributed by atoms with Crippen LogP contribution in [0.5, 0.6) is 0 Å². The lowest BCUT2D eigenvalue weighted by Gasteiger charge is -2.26. The summed E-state index contributed by atoms with van der Waals surface area (Å²) in [7, 11) is 0. The van der Waals surface area contributed by atoms with E-state index in [1.807, 2.05) is 0 Å². The van der Waals surface area contributed by atoms with Crippen LogP contribution in [-0.2, 0) is 11.2 Å². The largest absolute Gasteiger partial charge is 0.342 e. The molecule has 0 aromatic heterocycles. The smallest absolute Gasteiger partial charge is 0.227 e. The van der Waals surface area contributed by atoms with Crippen LogP contribution in [0.1, 0.15) is 24.8 Å². The normalized spacial score (nSPS) is 16.0. The van der Waals surface area contributed by atoms with Gasteiger partial charge in [-0.05, 0) is 30.9 Å². The Labute approximate surface area is 99.2 Å². The monoisotopic (exact) mass is 239 g/mol. The van der Waals surface area contributed by atoms with Crippen molar-refractivity contribution in [3.8, 4) is 0 Å². The molecule has 0 bridgehead atoms. The first-order valence-corrected chi connectivity index (χ1v) is 5.88. The van der Waals surface area contributed by atoms with E-state index in [9.17, 15) is 13.6 Å². The fraction of sp³-hybridized carbons (Fsp3) is 0.462. The van der Waals surface area contributed by atoms with Gasteiger partial charge in [-0.25, -0.2) is 8.78 Å². The van der Waals surface area contributed by atoms with Crippen molar-refractivity contribution in [2.45, 2.75) is 25.7 Å². The van der Waals surface area contributed by atoms with Gasteiger partial charge in [0.05, 0.1) is 6.42 Å². The van der Waals surface area contributed by atoms with Gasteiger partial charge in [-0.1, -0.05) is 6.07 Å². The average molecular weight is 239 g/mol. The van der Waals surface area contributed by atoms with Crippen LogP contribution in [0.4, 0.5) is 8.78 Å². The van der Waals surface area contributed by atoms with Gasteiger partial charge in [0.25, 0.3) is 0 Å². The molecule has 1 aliphatic heterocycles. The molecule has 17 heavy (non-hydrogen) atoms. The highest BCUT2D eigenvalue weighted by molar-refractivity contribution is 5.78. The van der Waals surface area contributed by atoms with E-state index in [2.05, 4.69) is 0 Å². The molecular formula is C13H15F2NO. The number of piperidine rings is 1. The summed E-state index contributed by atoms with van der Waals surface area (Å²) in [4.78, 5) is 13.6. The molecule has 1 aromatic carbocycles. The van der Waals surface area contributed by atoms with Crippen LogP contribution in [0.25, 0.3) is 0 Å². The van der Waals surface area contributed by atoms with Crippen LogP contribution in [0.2, 0.25) is 0 Å². The first kappa shape index (κ1) is 12.0. The Morgan fingerprint density at radius 2 is 1.88 bits per heavy atom. The van der Waals surface area contributed by atoms with Gasteiger partial charge in [-0.3, -0.25) is 4.79 Å². The van der Waals surface area contributed by atoms with Gasteiger partial charge < -0.3 is 4.90 Å². The Bertz CT molecular complexity index is 414. The summed E-state index contributed by atoms with van der Waals surface area (Å²) < 4.78 is 26.1. The van der Waals surface area contributed by atoms with Crippen molar-refractivity contribution in [2.75, 3.05) is 13.1 Å². The first-order valence-electron chi connectivity index (χ1n) is 5.88. The standard InChI is InChI=1S/C13H15F2NO/c14-11-5-4-10(12(15)9-11)8-13(17)16-6-2-1-3-7-16/h4-5,9H,1-3,6-8H2. The number of carbonyl (C=O) groups is 1. The van der Waals surface area contributed by atoms with Gasteiger partial charge in [0.1, 0.15) is 11.6 Å². The highest BCUT2D eigenvalue weighted by Gasteiger charge is 2.18. The van der Waals surface area contributed by atoms with Gasteiger partial charge in [0.15, 0.2) is 0 Å². The fourth-order valence-electron chi connectivity index (χ4n) is 2.08. The van der Waals surface area contributed by atoms with Crippen LogP contribution < -0.4 is 0 Å². The Balaban J connectivity index is 2.02. The van der Waals surface area contributed by atoms with Gasteiger partial charge in [0.2, 0.25) is 5.91 Å². The van der Waals surface area contributed by atoms with E-state index >= 15 is 0 Å². The second kappa shape index (κ2) is 5.25. The number of likely N-dealkylation sites (tertiary alicyclic amines) is 1.